The van der Waals surface area contributed by atoms with Crippen LogP contribution < -0.4 is 56.8 Å². The van der Waals surface area contributed by atoms with Gasteiger partial charge >= 0.3 is 51.4 Å². The van der Waals surface area contributed by atoms with Crippen molar-refractivity contribution in [2.45, 2.75) is 0 Å². The SMILES string of the molecule is O=NNc1cnccn1.[K+]. The van der Waals surface area contributed by atoms with Crippen molar-refractivity contribution in [2.24, 2.45) is 5.29 Å². The van der Waals surface area contributed by atoms with Crippen molar-refractivity contribution < 1.29 is 51.4 Å². The van der Waals surface area contributed by atoms with Crippen molar-refractivity contribution in [3.63, 3.8) is 0 Å². The van der Waals surface area contributed by atoms with Gasteiger partial charge in [0, 0.05) is 12.4 Å². The third-order valence-electron chi connectivity index (χ3n) is 0.723. The van der Waals surface area contributed by atoms with Crippen LogP contribution in [0.3, 0.4) is 0 Å². The summed E-state index contributed by atoms with van der Waals surface area (Å²) in [6.45, 7) is 0. The molecule has 0 unspecified atom stereocenters. The van der Waals surface area contributed by atoms with Crippen LogP contribution in [0.4, 0.5) is 5.82 Å². The number of nitrogens with zero attached hydrogens (tertiary/aromatic N) is 3. The largest absolute Gasteiger partial charge is 1.00 e. The summed E-state index contributed by atoms with van der Waals surface area (Å²) in [5.41, 5.74) is 2.10. The summed E-state index contributed by atoms with van der Waals surface area (Å²) < 4.78 is 0. The number of hydrogen-bond acceptors (Lipinski definition) is 4. The Hall–Kier alpha value is 0.116. The van der Waals surface area contributed by atoms with Crippen LogP contribution in [0.25, 0.3) is 0 Å². The van der Waals surface area contributed by atoms with E-state index in [1.165, 1.54) is 18.6 Å². The fourth-order valence-electron chi connectivity index (χ4n) is 0.404. The molecule has 0 saturated carbocycles. The van der Waals surface area contributed by atoms with E-state index in [2.05, 4.69) is 20.7 Å². The average Bonchev–Trinajstić information content (AvgIpc) is 1.91. The first-order chi connectivity index (χ1) is 4.43. The van der Waals surface area contributed by atoms with Gasteiger partial charge in [-0.25, -0.2) is 10.4 Å². The maximum atomic E-state index is 9.55. The Morgan fingerprint density at radius 1 is 1.50 bits per heavy atom. The van der Waals surface area contributed by atoms with E-state index in [1.54, 1.807) is 0 Å². The van der Waals surface area contributed by atoms with Crippen molar-refractivity contribution in [1.29, 1.82) is 0 Å². The van der Waals surface area contributed by atoms with E-state index in [9.17, 15) is 4.91 Å². The first kappa shape index (κ1) is 10.1. The second-order valence-electron chi connectivity index (χ2n) is 1.29. The Morgan fingerprint density at radius 2 is 2.30 bits per heavy atom. The molecular formula is C4H4KN4O+. The van der Waals surface area contributed by atoms with Crippen molar-refractivity contribution in [3.05, 3.63) is 23.5 Å². The van der Waals surface area contributed by atoms with E-state index in [-0.39, 0.29) is 51.4 Å². The molecule has 5 nitrogen and oxygen atoms in total. The summed E-state index contributed by atoms with van der Waals surface area (Å²) >= 11 is 0. The van der Waals surface area contributed by atoms with Gasteiger partial charge in [0.1, 0.15) is 0 Å². The number of nitroso groups, excluding NO2 is 1. The molecule has 0 amide bonds. The minimum atomic E-state index is 0. The molecule has 46 valence electrons. The molecule has 0 saturated heterocycles. The number of aromatic nitrogens is 2. The van der Waals surface area contributed by atoms with Gasteiger partial charge in [0.25, 0.3) is 0 Å². The number of nitrogens with one attached hydrogen (secondary N) is 1. The van der Waals surface area contributed by atoms with Gasteiger partial charge in [0.15, 0.2) is 5.82 Å². The normalized spacial score (nSPS) is 7.60. The molecule has 0 aromatic carbocycles. The molecule has 1 aromatic heterocycles. The Labute approximate surface area is 100 Å². The number of anilines is 1. The van der Waals surface area contributed by atoms with E-state index in [1.807, 2.05) is 0 Å². The fraction of sp³-hybridized carbons (Fsp3) is 0. The molecule has 0 atom stereocenters. The van der Waals surface area contributed by atoms with Crippen LogP contribution in [0.15, 0.2) is 23.9 Å². The van der Waals surface area contributed by atoms with E-state index in [4.69, 9.17) is 0 Å². The average molecular weight is 163 g/mol. The first-order valence-electron chi connectivity index (χ1n) is 2.28. The van der Waals surface area contributed by atoms with E-state index in [0.29, 0.717) is 5.82 Å². The Bertz CT molecular complexity index is 192. The van der Waals surface area contributed by atoms with Crippen molar-refractivity contribution in [1.82, 2.24) is 9.97 Å². The molecule has 10 heavy (non-hydrogen) atoms. The first-order valence-corrected chi connectivity index (χ1v) is 2.28. The van der Waals surface area contributed by atoms with Crippen LogP contribution >= 0.6 is 0 Å². The second-order valence-corrected chi connectivity index (χ2v) is 1.29. The minimum absolute atomic E-state index is 0. The molecule has 1 aromatic rings. The summed E-state index contributed by atoms with van der Waals surface area (Å²) in [6.07, 6.45) is 4.38. The maximum absolute atomic E-state index is 9.55. The van der Waals surface area contributed by atoms with Crippen molar-refractivity contribution >= 4 is 5.82 Å². The zero-order chi connectivity index (χ0) is 6.53. The van der Waals surface area contributed by atoms with Gasteiger partial charge in [-0.1, -0.05) is 0 Å². The molecular weight excluding hydrogens is 159 g/mol. The van der Waals surface area contributed by atoms with Crippen LogP contribution in [0, 0.1) is 4.91 Å². The standard InChI is InChI=1S/C4H4N4O.K/c9-8-7-4-3-5-1-2-6-4;/h1-3H,(H,6,7,9);/q;+1. The van der Waals surface area contributed by atoms with Gasteiger partial charge in [0.2, 0.25) is 0 Å². The summed E-state index contributed by atoms with van der Waals surface area (Å²) in [5, 5.41) is 2.40. The van der Waals surface area contributed by atoms with Crippen molar-refractivity contribution in [3.8, 4) is 0 Å². The molecule has 0 spiro atoms. The molecule has 0 aliphatic heterocycles. The zero-order valence-corrected chi connectivity index (χ0v) is 8.61. The van der Waals surface area contributed by atoms with Crippen LogP contribution in [-0.2, 0) is 0 Å². The van der Waals surface area contributed by atoms with Gasteiger partial charge in [-0.3, -0.25) is 4.98 Å². The third kappa shape index (κ3) is 3.33. The summed E-state index contributed by atoms with van der Waals surface area (Å²) in [4.78, 5) is 16.9. The van der Waals surface area contributed by atoms with Gasteiger partial charge in [0.05, 0.1) is 11.5 Å². The molecule has 1 N–H and O–H groups in total. The summed E-state index contributed by atoms with van der Waals surface area (Å²) in [7, 11) is 0. The Kier molecular flexibility index (Phi) is 5.94. The van der Waals surface area contributed by atoms with Crippen molar-refractivity contribution in [2.75, 3.05) is 5.43 Å². The molecule has 0 aliphatic carbocycles. The third-order valence-corrected chi connectivity index (χ3v) is 0.723. The molecule has 6 heteroatoms. The minimum Gasteiger partial charge on any atom is -0.259 e. The summed E-state index contributed by atoms with van der Waals surface area (Å²) in [6, 6.07) is 0. The number of rotatable bonds is 2. The van der Waals surface area contributed by atoms with Crippen LogP contribution in [0.2, 0.25) is 0 Å². The Balaban J connectivity index is 0.000000810. The number of hydrogen-bond donors (Lipinski definition) is 1. The maximum Gasteiger partial charge on any atom is 1.00 e. The van der Waals surface area contributed by atoms with Crippen LogP contribution in [0.5, 0.6) is 0 Å². The molecule has 1 rings (SSSR count). The predicted octanol–water partition coefficient (Wildman–Crippen LogP) is -2.43. The molecule has 0 radical (unpaired) electrons. The Morgan fingerprint density at radius 3 is 2.80 bits per heavy atom. The molecule has 0 aliphatic rings. The zero-order valence-electron chi connectivity index (χ0n) is 5.48. The van der Waals surface area contributed by atoms with Gasteiger partial charge < -0.3 is 0 Å². The van der Waals surface area contributed by atoms with E-state index < -0.39 is 0 Å². The van der Waals surface area contributed by atoms with Gasteiger partial charge in [-0.2, -0.15) is 0 Å². The van der Waals surface area contributed by atoms with Crippen LogP contribution in [0.1, 0.15) is 0 Å². The smallest absolute Gasteiger partial charge is 0.259 e. The van der Waals surface area contributed by atoms with Gasteiger partial charge in [-0.05, 0) is 0 Å². The topological polar surface area (TPSA) is 67.2 Å². The van der Waals surface area contributed by atoms with Crippen LogP contribution in [-0.4, -0.2) is 9.97 Å². The molecule has 0 fully saturated rings. The van der Waals surface area contributed by atoms with E-state index in [0.717, 1.165) is 0 Å². The molecule has 0 bridgehead atoms. The quantitative estimate of drug-likeness (QED) is 0.299. The monoisotopic (exact) mass is 163 g/mol. The second kappa shape index (κ2) is 5.87. The molecule has 1 heterocycles. The van der Waals surface area contributed by atoms with E-state index >= 15 is 0 Å². The fourth-order valence-corrected chi connectivity index (χ4v) is 0.404. The predicted molar refractivity (Wildman–Crippen MR) is 31.4 cm³/mol. The summed E-state index contributed by atoms with van der Waals surface area (Å²) in [5.74, 6) is 0.354. The van der Waals surface area contributed by atoms with Gasteiger partial charge in [-0.15, -0.1) is 4.91 Å².